The highest BCUT2D eigenvalue weighted by atomic mass is 19.1. The van der Waals surface area contributed by atoms with Gasteiger partial charge in [0, 0.05) is 26.2 Å². The predicted octanol–water partition coefficient (Wildman–Crippen LogP) is 1.04. The summed E-state index contributed by atoms with van der Waals surface area (Å²) < 4.78 is 18.7. The van der Waals surface area contributed by atoms with Gasteiger partial charge in [-0.25, -0.2) is 9.18 Å². The summed E-state index contributed by atoms with van der Waals surface area (Å²) in [4.78, 5) is 13.6. The fourth-order valence-electron chi connectivity index (χ4n) is 2.52. The average molecular weight is 282 g/mol. The van der Waals surface area contributed by atoms with Crippen molar-refractivity contribution in [1.29, 1.82) is 0 Å². The van der Waals surface area contributed by atoms with Gasteiger partial charge in [0.25, 0.3) is 0 Å². The van der Waals surface area contributed by atoms with Gasteiger partial charge in [0.05, 0.1) is 7.11 Å². The van der Waals surface area contributed by atoms with Gasteiger partial charge < -0.3 is 15.2 Å². The molecule has 1 fully saturated rings. The van der Waals surface area contributed by atoms with Crippen molar-refractivity contribution in [3.8, 4) is 5.75 Å². The van der Waals surface area contributed by atoms with E-state index in [0.29, 0.717) is 18.7 Å². The summed E-state index contributed by atoms with van der Waals surface area (Å²) in [5.41, 5.74) is -0.819. The van der Waals surface area contributed by atoms with Crippen LogP contribution in [0.4, 0.5) is 4.39 Å². The number of piperazine rings is 1. The summed E-state index contributed by atoms with van der Waals surface area (Å²) >= 11 is 0. The molecule has 0 aliphatic carbocycles. The van der Waals surface area contributed by atoms with Crippen molar-refractivity contribution in [3.63, 3.8) is 0 Å². The van der Waals surface area contributed by atoms with E-state index in [2.05, 4.69) is 5.32 Å². The SMILES string of the molecule is COc1ccc(C(C)(C(=O)O)N2CCNCC2)cc1F. The zero-order valence-electron chi connectivity index (χ0n) is 11.6. The molecule has 0 aromatic heterocycles. The molecule has 0 amide bonds. The van der Waals surface area contributed by atoms with E-state index in [-0.39, 0.29) is 5.75 Å². The third-order valence-corrected chi connectivity index (χ3v) is 3.88. The highest BCUT2D eigenvalue weighted by Gasteiger charge is 2.42. The number of nitrogens with one attached hydrogen (secondary N) is 1. The second-order valence-electron chi connectivity index (χ2n) is 4.96. The summed E-state index contributed by atoms with van der Waals surface area (Å²) in [5, 5.41) is 12.8. The lowest BCUT2D eigenvalue weighted by Crippen LogP contribution is -2.56. The van der Waals surface area contributed by atoms with E-state index in [1.807, 2.05) is 4.90 Å². The molecular weight excluding hydrogens is 263 g/mol. The lowest BCUT2D eigenvalue weighted by atomic mass is 9.89. The Hall–Kier alpha value is -1.66. The molecule has 1 aromatic carbocycles. The zero-order valence-corrected chi connectivity index (χ0v) is 11.6. The molecule has 1 saturated heterocycles. The minimum absolute atomic E-state index is 0.113. The lowest BCUT2D eigenvalue weighted by molar-refractivity contribution is -0.151. The van der Waals surface area contributed by atoms with Gasteiger partial charge in [-0.3, -0.25) is 4.90 Å². The van der Waals surface area contributed by atoms with Crippen LogP contribution < -0.4 is 10.1 Å². The summed E-state index contributed by atoms with van der Waals surface area (Å²) in [6.45, 7) is 4.28. The van der Waals surface area contributed by atoms with Crippen LogP contribution >= 0.6 is 0 Å². The van der Waals surface area contributed by atoms with Crippen LogP contribution in [0.25, 0.3) is 0 Å². The van der Waals surface area contributed by atoms with Crippen LogP contribution in [0.3, 0.4) is 0 Å². The first-order chi connectivity index (χ1) is 9.50. The molecule has 1 aromatic rings. The molecule has 1 unspecified atom stereocenters. The Kier molecular flexibility index (Phi) is 4.25. The molecule has 20 heavy (non-hydrogen) atoms. The van der Waals surface area contributed by atoms with Gasteiger partial charge in [-0.1, -0.05) is 6.07 Å². The molecule has 2 N–H and O–H groups in total. The topological polar surface area (TPSA) is 61.8 Å². The number of benzene rings is 1. The molecule has 0 bridgehead atoms. The van der Waals surface area contributed by atoms with Gasteiger partial charge in [-0.05, 0) is 24.6 Å². The summed E-state index contributed by atoms with van der Waals surface area (Å²) in [6, 6.07) is 4.32. The first-order valence-corrected chi connectivity index (χ1v) is 6.53. The van der Waals surface area contributed by atoms with Crippen molar-refractivity contribution in [2.24, 2.45) is 0 Å². The van der Waals surface area contributed by atoms with Gasteiger partial charge >= 0.3 is 5.97 Å². The van der Waals surface area contributed by atoms with E-state index < -0.39 is 17.3 Å². The largest absolute Gasteiger partial charge is 0.494 e. The number of hydrogen-bond donors (Lipinski definition) is 2. The molecule has 1 heterocycles. The number of aliphatic carboxylic acids is 1. The van der Waals surface area contributed by atoms with Crippen LogP contribution in [0.1, 0.15) is 12.5 Å². The van der Waals surface area contributed by atoms with E-state index in [4.69, 9.17) is 4.74 Å². The van der Waals surface area contributed by atoms with Gasteiger partial charge in [-0.15, -0.1) is 0 Å². The molecule has 2 rings (SSSR count). The number of rotatable bonds is 4. The third-order valence-electron chi connectivity index (χ3n) is 3.88. The quantitative estimate of drug-likeness (QED) is 0.864. The normalized spacial score (nSPS) is 19.4. The number of hydrogen-bond acceptors (Lipinski definition) is 4. The molecule has 0 spiro atoms. The number of nitrogens with zero attached hydrogens (tertiary/aromatic N) is 1. The Morgan fingerprint density at radius 3 is 2.60 bits per heavy atom. The minimum atomic E-state index is -1.24. The summed E-state index contributed by atoms with van der Waals surface area (Å²) in [5.74, 6) is -1.42. The number of carboxylic acid groups (broad SMARTS) is 1. The van der Waals surface area contributed by atoms with Gasteiger partial charge in [0.1, 0.15) is 5.54 Å². The Morgan fingerprint density at radius 2 is 2.10 bits per heavy atom. The number of carbonyl (C=O) groups is 1. The van der Waals surface area contributed by atoms with E-state index in [9.17, 15) is 14.3 Å². The molecule has 1 aliphatic heterocycles. The standard InChI is InChI=1S/C14H19FN2O3/c1-14(13(18)19,17-7-5-16-6-8-17)10-3-4-12(20-2)11(15)9-10/h3-4,9,16H,5-8H2,1-2H3,(H,18,19). The molecule has 5 nitrogen and oxygen atoms in total. The van der Waals surface area contributed by atoms with E-state index in [1.165, 1.54) is 19.2 Å². The molecule has 1 atom stereocenters. The van der Waals surface area contributed by atoms with Crippen LogP contribution in [0.2, 0.25) is 0 Å². The minimum Gasteiger partial charge on any atom is -0.494 e. The van der Waals surface area contributed by atoms with Crippen molar-refractivity contribution in [2.75, 3.05) is 33.3 Å². The fraction of sp³-hybridized carbons (Fsp3) is 0.500. The highest BCUT2D eigenvalue weighted by Crippen LogP contribution is 2.31. The molecule has 110 valence electrons. The number of halogens is 1. The maximum absolute atomic E-state index is 13.9. The third kappa shape index (κ3) is 2.48. The van der Waals surface area contributed by atoms with Crippen LogP contribution in [0.5, 0.6) is 5.75 Å². The smallest absolute Gasteiger partial charge is 0.328 e. The van der Waals surface area contributed by atoms with Crippen molar-refractivity contribution in [3.05, 3.63) is 29.6 Å². The summed E-state index contributed by atoms with van der Waals surface area (Å²) in [6.07, 6.45) is 0. The van der Waals surface area contributed by atoms with Gasteiger partial charge in [0.2, 0.25) is 0 Å². The maximum Gasteiger partial charge on any atom is 0.328 e. The van der Waals surface area contributed by atoms with E-state index in [1.54, 1.807) is 13.0 Å². The van der Waals surface area contributed by atoms with Crippen molar-refractivity contribution in [1.82, 2.24) is 10.2 Å². The van der Waals surface area contributed by atoms with Crippen LogP contribution in [-0.2, 0) is 10.3 Å². The zero-order chi connectivity index (χ0) is 14.8. The van der Waals surface area contributed by atoms with E-state index in [0.717, 1.165) is 13.1 Å². The Labute approximate surface area is 117 Å². The number of carboxylic acids is 1. The predicted molar refractivity (Wildman–Crippen MR) is 72.4 cm³/mol. The molecular formula is C14H19FN2O3. The molecule has 1 aliphatic rings. The Bertz CT molecular complexity index is 503. The second-order valence-corrected chi connectivity index (χ2v) is 4.96. The molecule has 0 radical (unpaired) electrons. The summed E-state index contributed by atoms with van der Waals surface area (Å²) in [7, 11) is 1.38. The maximum atomic E-state index is 13.9. The van der Waals surface area contributed by atoms with Crippen molar-refractivity contribution in [2.45, 2.75) is 12.5 Å². The lowest BCUT2D eigenvalue weighted by Gasteiger charge is -2.40. The number of ether oxygens (including phenoxy) is 1. The fourth-order valence-corrected chi connectivity index (χ4v) is 2.52. The second kappa shape index (κ2) is 5.76. The van der Waals surface area contributed by atoms with Gasteiger partial charge in [-0.2, -0.15) is 0 Å². The van der Waals surface area contributed by atoms with E-state index >= 15 is 0 Å². The van der Waals surface area contributed by atoms with Crippen LogP contribution in [0.15, 0.2) is 18.2 Å². The molecule has 0 saturated carbocycles. The van der Waals surface area contributed by atoms with Crippen molar-refractivity contribution >= 4 is 5.97 Å². The first kappa shape index (κ1) is 14.7. The number of methoxy groups -OCH3 is 1. The Balaban J connectivity index is 2.41. The molecule has 6 heteroatoms. The van der Waals surface area contributed by atoms with Gasteiger partial charge in [0.15, 0.2) is 11.6 Å². The van der Waals surface area contributed by atoms with Crippen LogP contribution in [0, 0.1) is 5.82 Å². The van der Waals surface area contributed by atoms with Crippen LogP contribution in [-0.4, -0.2) is 49.3 Å². The monoisotopic (exact) mass is 282 g/mol. The first-order valence-electron chi connectivity index (χ1n) is 6.53. The highest BCUT2D eigenvalue weighted by molar-refractivity contribution is 5.80. The average Bonchev–Trinajstić information content (AvgIpc) is 2.47. The van der Waals surface area contributed by atoms with Crippen molar-refractivity contribution < 1.29 is 19.0 Å². The Morgan fingerprint density at radius 1 is 1.45 bits per heavy atom.